The summed E-state index contributed by atoms with van der Waals surface area (Å²) in [6.45, 7) is 7.32. The molecule has 0 saturated carbocycles. The summed E-state index contributed by atoms with van der Waals surface area (Å²) in [5, 5.41) is 3.06. The van der Waals surface area contributed by atoms with Crippen LogP contribution in [-0.4, -0.2) is 58.0 Å². The second-order valence-corrected chi connectivity index (χ2v) is 13.8. The first-order chi connectivity index (χ1) is 23.0. The molecule has 0 aromatic heterocycles. The molecule has 4 rings (SSSR count). The van der Waals surface area contributed by atoms with E-state index in [1.54, 1.807) is 24.3 Å². The lowest BCUT2D eigenvalue weighted by Gasteiger charge is -2.34. The highest BCUT2D eigenvalue weighted by Gasteiger charge is 2.35. The van der Waals surface area contributed by atoms with Gasteiger partial charge in [-0.15, -0.1) is 0 Å². The monoisotopic (exact) mass is 671 g/mol. The van der Waals surface area contributed by atoms with E-state index in [1.807, 2.05) is 82.3 Å². The van der Waals surface area contributed by atoms with Crippen LogP contribution in [0.4, 0.5) is 5.69 Å². The maximum Gasteiger partial charge on any atom is 0.264 e. The molecule has 0 heterocycles. The Hall–Kier alpha value is -4.83. The molecule has 0 unspecified atom stereocenters. The van der Waals surface area contributed by atoms with Crippen LogP contribution >= 0.6 is 0 Å². The maximum absolute atomic E-state index is 14.7. The summed E-state index contributed by atoms with van der Waals surface area (Å²) in [6, 6.07) is 27.4. The van der Waals surface area contributed by atoms with E-state index in [9.17, 15) is 18.0 Å². The van der Waals surface area contributed by atoms with Crippen LogP contribution in [0, 0.1) is 13.8 Å². The summed E-state index contributed by atoms with van der Waals surface area (Å²) in [7, 11) is -1.42. The van der Waals surface area contributed by atoms with Gasteiger partial charge in [-0.1, -0.05) is 84.8 Å². The summed E-state index contributed by atoms with van der Waals surface area (Å²) >= 11 is 0. The Balaban J connectivity index is 1.82. The number of anilines is 1. The van der Waals surface area contributed by atoms with Crippen LogP contribution < -0.4 is 19.1 Å². The largest absolute Gasteiger partial charge is 0.493 e. The fraction of sp³-hybridized carbons (Fsp3) is 0.316. The van der Waals surface area contributed by atoms with Gasteiger partial charge in [-0.3, -0.25) is 13.9 Å². The number of hydrogen-bond acceptors (Lipinski definition) is 6. The number of ether oxygens (including phenoxy) is 2. The first-order valence-corrected chi connectivity index (χ1v) is 17.4. The third kappa shape index (κ3) is 8.95. The number of carbonyl (C=O) groups excluding carboxylic acids is 2. The number of amides is 2. The van der Waals surface area contributed by atoms with E-state index in [0.29, 0.717) is 17.9 Å². The van der Waals surface area contributed by atoms with E-state index in [1.165, 1.54) is 37.3 Å². The van der Waals surface area contributed by atoms with Crippen LogP contribution in [0.3, 0.4) is 0 Å². The Morgan fingerprint density at radius 3 is 1.98 bits per heavy atom. The first kappa shape index (κ1) is 36.0. The first-order valence-electron chi connectivity index (χ1n) is 16.0. The zero-order valence-corrected chi connectivity index (χ0v) is 29.3. The molecule has 0 bridgehead atoms. The number of hydrogen-bond donors (Lipinski definition) is 1. The molecule has 9 nitrogen and oxygen atoms in total. The molecule has 2 atom stereocenters. The summed E-state index contributed by atoms with van der Waals surface area (Å²) in [5.41, 5.74) is 3.98. The van der Waals surface area contributed by atoms with Crippen molar-refractivity contribution in [3.63, 3.8) is 0 Å². The maximum atomic E-state index is 14.7. The van der Waals surface area contributed by atoms with Crippen molar-refractivity contribution in [1.29, 1.82) is 0 Å². The number of aryl methyl sites for hydroxylation is 2. The summed E-state index contributed by atoms with van der Waals surface area (Å²) in [6.07, 6.45) is 0.953. The van der Waals surface area contributed by atoms with Gasteiger partial charge in [-0.25, -0.2) is 8.42 Å². The van der Waals surface area contributed by atoms with Gasteiger partial charge in [0.25, 0.3) is 10.0 Å². The van der Waals surface area contributed by atoms with Gasteiger partial charge in [0.1, 0.15) is 12.6 Å². The number of nitrogens with zero attached hydrogens (tertiary/aromatic N) is 2. The number of benzene rings is 4. The van der Waals surface area contributed by atoms with Gasteiger partial charge in [0, 0.05) is 25.1 Å². The van der Waals surface area contributed by atoms with E-state index in [0.717, 1.165) is 26.6 Å². The normalized spacial score (nSPS) is 12.5. The van der Waals surface area contributed by atoms with Crippen molar-refractivity contribution in [2.75, 3.05) is 25.1 Å². The van der Waals surface area contributed by atoms with E-state index < -0.39 is 28.5 Å². The van der Waals surface area contributed by atoms with Crippen molar-refractivity contribution in [3.8, 4) is 11.5 Å². The van der Waals surface area contributed by atoms with E-state index >= 15 is 0 Å². The molecule has 0 aliphatic heterocycles. The zero-order chi connectivity index (χ0) is 34.8. The van der Waals surface area contributed by atoms with Crippen molar-refractivity contribution in [2.24, 2.45) is 0 Å². The van der Waals surface area contributed by atoms with Gasteiger partial charge >= 0.3 is 0 Å². The van der Waals surface area contributed by atoms with Gasteiger partial charge in [0.15, 0.2) is 11.5 Å². The molecule has 0 aliphatic carbocycles. The second kappa shape index (κ2) is 16.3. The minimum atomic E-state index is -4.31. The van der Waals surface area contributed by atoms with Crippen LogP contribution in [0.15, 0.2) is 102 Å². The molecule has 2 amide bonds. The number of sulfonamides is 1. The summed E-state index contributed by atoms with van der Waals surface area (Å²) < 4.78 is 40.6. The third-order valence-electron chi connectivity index (χ3n) is 8.29. The topological polar surface area (TPSA) is 105 Å². The van der Waals surface area contributed by atoms with Crippen LogP contribution in [0.1, 0.15) is 42.5 Å². The molecule has 48 heavy (non-hydrogen) atoms. The number of rotatable bonds is 15. The molecule has 10 heteroatoms. The molecule has 0 aliphatic rings. The number of nitrogens with one attached hydrogen (secondary N) is 1. The molecule has 254 valence electrons. The number of carbonyl (C=O) groups is 2. The lowest BCUT2D eigenvalue weighted by Crippen LogP contribution is -2.54. The fourth-order valence-electron chi connectivity index (χ4n) is 5.23. The Morgan fingerprint density at radius 1 is 0.792 bits per heavy atom. The number of methoxy groups -OCH3 is 2. The fourth-order valence-corrected chi connectivity index (χ4v) is 6.66. The molecule has 0 radical (unpaired) electrons. The smallest absolute Gasteiger partial charge is 0.264 e. The SMILES string of the molecule is CC[C@H](C)NC(=O)[C@@H](Cc1ccccc1)N(Cc1ccc(C)cc1)C(=O)CN(c1ccc(C)cc1)S(=O)(=O)c1ccc(OC)c(OC)c1. The molecule has 0 spiro atoms. The van der Waals surface area contributed by atoms with Crippen molar-refractivity contribution in [3.05, 3.63) is 119 Å². The average molecular weight is 672 g/mol. The predicted molar refractivity (Wildman–Crippen MR) is 189 cm³/mol. The molecular weight excluding hydrogens is 627 g/mol. The van der Waals surface area contributed by atoms with Crippen molar-refractivity contribution < 1.29 is 27.5 Å². The van der Waals surface area contributed by atoms with Crippen LogP contribution in [0.2, 0.25) is 0 Å². The van der Waals surface area contributed by atoms with E-state index in [2.05, 4.69) is 5.32 Å². The predicted octanol–water partition coefficient (Wildman–Crippen LogP) is 6.07. The van der Waals surface area contributed by atoms with Crippen LogP contribution in [0.5, 0.6) is 11.5 Å². The van der Waals surface area contributed by atoms with Crippen molar-refractivity contribution in [1.82, 2.24) is 10.2 Å². The van der Waals surface area contributed by atoms with Gasteiger partial charge in [-0.2, -0.15) is 0 Å². The third-order valence-corrected chi connectivity index (χ3v) is 10.1. The molecule has 0 fully saturated rings. The minimum absolute atomic E-state index is 0.0750. The summed E-state index contributed by atoms with van der Waals surface area (Å²) in [5.74, 6) is -0.229. The van der Waals surface area contributed by atoms with Gasteiger partial charge in [0.2, 0.25) is 11.8 Å². The zero-order valence-electron chi connectivity index (χ0n) is 28.5. The highest BCUT2D eigenvalue weighted by Crippen LogP contribution is 2.32. The second-order valence-electron chi connectivity index (χ2n) is 11.9. The molecule has 1 N–H and O–H groups in total. The van der Waals surface area contributed by atoms with Crippen LogP contribution in [-0.2, 0) is 32.6 Å². The molecular formula is C38H45N3O6S. The lowest BCUT2D eigenvalue weighted by atomic mass is 10.0. The molecule has 0 saturated heterocycles. The van der Waals surface area contributed by atoms with Gasteiger partial charge < -0.3 is 19.7 Å². The Bertz CT molecular complexity index is 1780. The van der Waals surface area contributed by atoms with E-state index in [4.69, 9.17) is 9.47 Å². The van der Waals surface area contributed by atoms with Gasteiger partial charge in [0.05, 0.1) is 24.8 Å². The van der Waals surface area contributed by atoms with Crippen molar-refractivity contribution in [2.45, 2.75) is 64.1 Å². The van der Waals surface area contributed by atoms with Gasteiger partial charge in [-0.05, 0) is 62.6 Å². The quantitative estimate of drug-likeness (QED) is 0.165. The Kier molecular flexibility index (Phi) is 12.2. The summed E-state index contributed by atoms with van der Waals surface area (Å²) in [4.78, 5) is 30.1. The van der Waals surface area contributed by atoms with E-state index in [-0.39, 0.29) is 35.6 Å². The van der Waals surface area contributed by atoms with Crippen LogP contribution in [0.25, 0.3) is 0 Å². The minimum Gasteiger partial charge on any atom is -0.493 e. The highest BCUT2D eigenvalue weighted by molar-refractivity contribution is 7.92. The molecule has 4 aromatic rings. The van der Waals surface area contributed by atoms with Crippen molar-refractivity contribution >= 4 is 27.5 Å². The standard InChI is InChI=1S/C38H45N3O6S/c1-7-29(4)39-38(43)34(23-30-11-9-8-10-12-30)40(25-31-17-13-27(2)14-18-31)37(42)26-41(32-19-15-28(3)16-20-32)48(44,45)33-21-22-35(46-5)36(24-33)47-6/h8-22,24,29,34H,7,23,25-26H2,1-6H3,(H,39,43)/t29-,34+/m0/s1. The highest BCUT2D eigenvalue weighted by atomic mass is 32.2. The Morgan fingerprint density at radius 2 is 1.40 bits per heavy atom. The lowest BCUT2D eigenvalue weighted by molar-refractivity contribution is -0.140. The average Bonchev–Trinajstić information content (AvgIpc) is 3.09. The Labute approximate surface area is 284 Å². The molecule has 4 aromatic carbocycles.